The molecule has 1 amide bonds. The van der Waals surface area contributed by atoms with Gasteiger partial charge in [-0.1, -0.05) is 51.8 Å². The van der Waals surface area contributed by atoms with Gasteiger partial charge in [-0.05, 0) is 29.5 Å². The molecule has 0 saturated heterocycles. The molecule has 0 aliphatic heterocycles. The molecule has 1 aromatic rings. The van der Waals surface area contributed by atoms with Gasteiger partial charge < -0.3 is 4.74 Å². The van der Waals surface area contributed by atoms with Crippen LogP contribution in [-0.2, 0) is 10.2 Å². The second-order valence-corrected chi connectivity index (χ2v) is 6.21. The summed E-state index contributed by atoms with van der Waals surface area (Å²) >= 11 is 6.24. The van der Waals surface area contributed by atoms with Gasteiger partial charge in [0.15, 0.2) is 6.10 Å². The Kier molecular flexibility index (Phi) is 5.84. The molecule has 3 N–H and O–H groups in total. The van der Waals surface area contributed by atoms with Crippen LogP contribution in [0, 0.1) is 0 Å². The number of rotatable bonds is 5. The lowest BCUT2D eigenvalue weighted by atomic mass is 9.87. The SMILES string of the molecule is CCCC(Oc1ccc(C(C)(C)C)cc1Cl)C(=O)NN. The van der Waals surface area contributed by atoms with E-state index in [1.807, 2.05) is 19.1 Å². The van der Waals surface area contributed by atoms with E-state index < -0.39 is 6.10 Å². The van der Waals surface area contributed by atoms with Crippen LogP contribution in [-0.4, -0.2) is 12.0 Å². The van der Waals surface area contributed by atoms with Gasteiger partial charge in [0.25, 0.3) is 5.91 Å². The van der Waals surface area contributed by atoms with Gasteiger partial charge in [0.1, 0.15) is 5.75 Å². The fourth-order valence-corrected chi connectivity index (χ4v) is 2.04. The number of nitrogens with two attached hydrogens (primary N) is 1. The molecule has 0 fully saturated rings. The second-order valence-electron chi connectivity index (χ2n) is 5.80. The van der Waals surface area contributed by atoms with Gasteiger partial charge in [-0.2, -0.15) is 0 Å². The summed E-state index contributed by atoms with van der Waals surface area (Å²) in [5, 5.41) is 0.503. The maximum Gasteiger partial charge on any atom is 0.274 e. The number of hydrogen-bond acceptors (Lipinski definition) is 3. The molecule has 1 atom stereocenters. The first-order valence-electron chi connectivity index (χ1n) is 6.76. The van der Waals surface area contributed by atoms with Crippen LogP contribution in [0.5, 0.6) is 5.75 Å². The summed E-state index contributed by atoms with van der Waals surface area (Å²) in [7, 11) is 0. The lowest BCUT2D eigenvalue weighted by Crippen LogP contribution is -2.42. The van der Waals surface area contributed by atoms with Gasteiger partial charge in [-0.3, -0.25) is 10.2 Å². The van der Waals surface area contributed by atoms with Crippen molar-refractivity contribution in [2.24, 2.45) is 5.84 Å². The molecule has 0 aromatic heterocycles. The normalized spacial score (nSPS) is 12.9. The first-order chi connectivity index (χ1) is 9.29. The molecular formula is C15H23ClN2O2. The lowest BCUT2D eigenvalue weighted by Gasteiger charge is -2.22. The van der Waals surface area contributed by atoms with Crippen LogP contribution < -0.4 is 16.0 Å². The summed E-state index contributed by atoms with van der Waals surface area (Å²) in [6, 6.07) is 5.64. The second kappa shape index (κ2) is 6.95. The van der Waals surface area contributed by atoms with E-state index in [1.54, 1.807) is 6.07 Å². The van der Waals surface area contributed by atoms with Gasteiger partial charge in [0, 0.05) is 0 Å². The van der Waals surface area contributed by atoms with Crippen LogP contribution in [0.15, 0.2) is 18.2 Å². The highest BCUT2D eigenvalue weighted by molar-refractivity contribution is 6.32. The number of halogens is 1. The molecule has 1 unspecified atom stereocenters. The minimum absolute atomic E-state index is 0.0135. The third-order valence-corrected chi connectivity index (χ3v) is 3.35. The van der Waals surface area contributed by atoms with Crippen LogP contribution in [0.2, 0.25) is 5.02 Å². The fraction of sp³-hybridized carbons (Fsp3) is 0.533. The average Bonchev–Trinajstić information content (AvgIpc) is 2.38. The van der Waals surface area contributed by atoms with E-state index in [9.17, 15) is 4.79 Å². The number of nitrogens with one attached hydrogen (secondary N) is 1. The van der Waals surface area contributed by atoms with Crippen molar-refractivity contribution in [2.75, 3.05) is 0 Å². The molecule has 0 aliphatic carbocycles. The van der Waals surface area contributed by atoms with Crippen LogP contribution in [0.1, 0.15) is 46.1 Å². The highest BCUT2D eigenvalue weighted by Gasteiger charge is 2.21. The topological polar surface area (TPSA) is 64.3 Å². The maximum absolute atomic E-state index is 11.6. The minimum atomic E-state index is -0.622. The average molecular weight is 299 g/mol. The van der Waals surface area contributed by atoms with Crippen LogP contribution >= 0.6 is 11.6 Å². The zero-order valence-corrected chi connectivity index (χ0v) is 13.3. The van der Waals surface area contributed by atoms with E-state index in [-0.39, 0.29) is 11.3 Å². The van der Waals surface area contributed by atoms with Crippen molar-refractivity contribution >= 4 is 17.5 Å². The Morgan fingerprint density at radius 2 is 2.10 bits per heavy atom. The summed E-state index contributed by atoms with van der Waals surface area (Å²) in [6.07, 6.45) is 0.777. The monoisotopic (exact) mass is 298 g/mol. The number of carbonyl (C=O) groups is 1. The molecule has 0 radical (unpaired) electrons. The van der Waals surface area contributed by atoms with Crippen molar-refractivity contribution in [3.8, 4) is 5.75 Å². The van der Waals surface area contributed by atoms with E-state index in [4.69, 9.17) is 22.2 Å². The predicted octanol–water partition coefficient (Wildman–Crippen LogP) is 3.17. The summed E-state index contributed by atoms with van der Waals surface area (Å²) in [5.74, 6) is 5.32. The Hall–Kier alpha value is -1.26. The largest absolute Gasteiger partial charge is 0.479 e. The van der Waals surface area contributed by atoms with Crippen LogP contribution in [0.3, 0.4) is 0 Å². The zero-order valence-electron chi connectivity index (χ0n) is 12.5. The summed E-state index contributed by atoms with van der Waals surface area (Å²) in [5.41, 5.74) is 3.25. The molecule has 0 saturated carbocycles. The highest BCUT2D eigenvalue weighted by atomic mass is 35.5. The van der Waals surface area contributed by atoms with E-state index in [1.165, 1.54) is 0 Å². The number of ether oxygens (including phenoxy) is 1. The fourth-order valence-electron chi connectivity index (χ4n) is 1.81. The number of carbonyl (C=O) groups excluding carboxylic acids is 1. The number of benzene rings is 1. The van der Waals surface area contributed by atoms with Crippen molar-refractivity contribution in [1.82, 2.24) is 5.43 Å². The predicted molar refractivity (Wildman–Crippen MR) is 81.8 cm³/mol. The molecule has 1 aromatic carbocycles. The van der Waals surface area contributed by atoms with Crippen molar-refractivity contribution in [3.05, 3.63) is 28.8 Å². The Labute approximate surface area is 125 Å². The van der Waals surface area contributed by atoms with E-state index in [0.717, 1.165) is 12.0 Å². The number of amides is 1. The van der Waals surface area contributed by atoms with E-state index in [2.05, 4.69) is 26.2 Å². The molecule has 0 aliphatic rings. The first-order valence-corrected chi connectivity index (χ1v) is 7.14. The Morgan fingerprint density at radius 3 is 2.55 bits per heavy atom. The Bertz CT molecular complexity index is 469. The number of hydrogen-bond donors (Lipinski definition) is 2. The lowest BCUT2D eigenvalue weighted by molar-refractivity contribution is -0.128. The van der Waals surface area contributed by atoms with Gasteiger partial charge in [0.05, 0.1) is 5.02 Å². The molecule has 5 heteroatoms. The first kappa shape index (κ1) is 16.8. The smallest absolute Gasteiger partial charge is 0.274 e. The maximum atomic E-state index is 11.6. The van der Waals surface area contributed by atoms with Crippen molar-refractivity contribution in [2.45, 2.75) is 52.1 Å². The van der Waals surface area contributed by atoms with Crippen LogP contribution in [0.25, 0.3) is 0 Å². The van der Waals surface area contributed by atoms with Crippen molar-refractivity contribution < 1.29 is 9.53 Å². The van der Waals surface area contributed by atoms with Crippen molar-refractivity contribution in [3.63, 3.8) is 0 Å². The molecule has 1 rings (SSSR count). The van der Waals surface area contributed by atoms with Crippen LogP contribution in [0.4, 0.5) is 0 Å². The molecule has 0 bridgehead atoms. The van der Waals surface area contributed by atoms with E-state index >= 15 is 0 Å². The van der Waals surface area contributed by atoms with Gasteiger partial charge in [-0.15, -0.1) is 0 Å². The van der Waals surface area contributed by atoms with Crippen molar-refractivity contribution in [1.29, 1.82) is 0 Å². The zero-order chi connectivity index (χ0) is 15.3. The molecule has 0 spiro atoms. The molecule has 20 heavy (non-hydrogen) atoms. The third-order valence-electron chi connectivity index (χ3n) is 3.05. The molecule has 0 heterocycles. The molecule has 4 nitrogen and oxygen atoms in total. The third kappa shape index (κ3) is 4.39. The standard InChI is InChI=1S/C15H23ClN2O2/c1-5-6-13(14(19)18-17)20-12-8-7-10(9-11(12)16)15(2,3)4/h7-9,13H,5-6,17H2,1-4H3,(H,18,19). The molecule has 112 valence electrons. The van der Waals surface area contributed by atoms with Gasteiger partial charge in [-0.25, -0.2) is 5.84 Å². The number of hydrazine groups is 1. The summed E-state index contributed by atoms with van der Waals surface area (Å²) in [4.78, 5) is 11.6. The van der Waals surface area contributed by atoms with Gasteiger partial charge in [0.2, 0.25) is 0 Å². The quantitative estimate of drug-likeness (QED) is 0.498. The summed E-state index contributed by atoms with van der Waals surface area (Å²) < 4.78 is 5.68. The highest BCUT2D eigenvalue weighted by Crippen LogP contribution is 2.32. The van der Waals surface area contributed by atoms with E-state index in [0.29, 0.717) is 17.2 Å². The minimum Gasteiger partial charge on any atom is -0.479 e. The Balaban J connectivity index is 2.94. The van der Waals surface area contributed by atoms with Gasteiger partial charge >= 0.3 is 0 Å². The summed E-state index contributed by atoms with van der Waals surface area (Å²) in [6.45, 7) is 8.31. The Morgan fingerprint density at radius 1 is 1.45 bits per heavy atom. The molecular weight excluding hydrogens is 276 g/mol.